The van der Waals surface area contributed by atoms with Gasteiger partial charge in [0.2, 0.25) is 0 Å². The standard InChI is InChI=1S/C15H20FN3/c1-11-14(7-5-9-17)12(2)19(18-11)10-13-6-3-4-8-15(13)16/h3-4,6,8H,5,7,9-10,17H2,1-2H3. The molecule has 2 N–H and O–H groups in total. The van der Waals surface area contributed by atoms with Gasteiger partial charge in [-0.2, -0.15) is 5.10 Å². The van der Waals surface area contributed by atoms with Gasteiger partial charge < -0.3 is 5.73 Å². The molecule has 0 amide bonds. The first-order chi connectivity index (χ1) is 9.13. The Morgan fingerprint density at radius 2 is 2.00 bits per heavy atom. The van der Waals surface area contributed by atoms with E-state index in [9.17, 15) is 4.39 Å². The van der Waals surface area contributed by atoms with E-state index in [1.54, 1.807) is 12.1 Å². The van der Waals surface area contributed by atoms with Crippen LogP contribution in [-0.2, 0) is 13.0 Å². The Morgan fingerprint density at radius 1 is 1.26 bits per heavy atom. The summed E-state index contributed by atoms with van der Waals surface area (Å²) in [5.41, 5.74) is 9.57. The number of nitrogens with two attached hydrogens (primary N) is 1. The van der Waals surface area contributed by atoms with Crippen molar-refractivity contribution in [2.45, 2.75) is 33.2 Å². The van der Waals surface area contributed by atoms with Gasteiger partial charge in [0.1, 0.15) is 5.82 Å². The van der Waals surface area contributed by atoms with Gasteiger partial charge in [-0.25, -0.2) is 4.39 Å². The van der Waals surface area contributed by atoms with E-state index in [0.29, 0.717) is 18.7 Å². The molecule has 0 spiro atoms. The predicted octanol–water partition coefficient (Wildman–Crippen LogP) is 2.58. The van der Waals surface area contributed by atoms with Crippen molar-refractivity contribution in [1.29, 1.82) is 0 Å². The molecule has 2 aromatic rings. The molecule has 0 aliphatic rings. The average Bonchev–Trinajstić information content (AvgIpc) is 2.65. The highest BCUT2D eigenvalue weighted by atomic mass is 19.1. The summed E-state index contributed by atoms with van der Waals surface area (Å²) in [6.45, 7) is 5.18. The second-order valence-corrected chi connectivity index (χ2v) is 4.79. The van der Waals surface area contributed by atoms with Gasteiger partial charge in [0.05, 0.1) is 12.2 Å². The summed E-state index contributed by atoms with van der Waals surface area (Å²) < 4.78 is 15.5. The lowest BCUT2D eigenvalue weighted by Gasteiger charge is -2.06. The van der Waals surface area contributed by atoms with Gasteiger partial charge in [0, 0.05) is 11.3 Å². The van der Waals surface area contributed by atoms with Crippen LogP contribution in [0.4, 0.5) is 4.39 Å². The van der Waals surface area contributed by atoms with Crippen LogP contribution in [-0.4, -0.2) is 16.3 Å². The average molecular weight is 261 g/mol. The van der Waals surface area contributed by atoms with Crippen molar-refractivity contribution in [3.63, 3.8) is 0 Å². The molecule has 0 aliphatic carbocycles. The maximum absolute atomic E-state index is 13.7. The van der Waals surface area contributed by atoms with Crippen molar-refractivity contribution in [3.05, 3.63) is 52.6 Å². The Labute approximate surface area is 113 Å². The molecule has 2 rings (SSSR count). The Balaban J connectivity index is 2.24. The summed E-state index contributed by atoms with van der Waals surface area (Å²) in [6.07, 6.45) is 1.89. The topological polar surface area (TPSA) is 43.8 Å². The van der Waals surface area contributed by atoms with Crippen LogP contribution in [0, 0.1) is 19.7 Å². The Bertz CT molecular complexity index is 561. The van der Waals surface area contributed by atoms with Crippen molar-refractivity contribution < 1.29 is 4.39 Å². The molecular formula is C15H20FN3. The van der Waals surface area contributed by atoms with E-state index in [2.05, 4.69) is 5.10 Å². The van der Waals surface area contributed by atoms with Gasteiger partial charge in [-0.15, -0.1) is 0 Å². The van der Waals surface area contributed by atoms with Crippen LogP contribution >= 0.6 is 0 Å². The van der Waals surface area contributed by atoms with Crippen LogP contribution in [0.25, 0.3) is 0 Å². The zero-order valence-electron chi connectivity index (χ0n) is 11.5. The number of hydrogen-bond donors (Lipinski definition) is 1. The zero-order valence-corrected chi connectivity index (χ0v) is 11.5. The van der Waals surface area contributed by atoms with Crippen molar-refractivity contribution >= 4 is 0 Å². The van der Waals surface area contributed by atoms with Crippen molar-refractivity contribution in [2.24, 2.45) is 5.73 Å². The fourth-order valence-electron chi connectivity index (χ4n) is 2.32. The lowest BCUT2D eigenvalue weighted by atomic mass is 10.1. The number of benzene rings is 1. The van der Waals surface area contributed by atoms with Crippen LogP contribution in [0.5, 0.6) is 0 Å². The SMILES string of the molecule is Cc1nn(Cc2ccccc2F)c(C)c1CCCN. The molecule has 0 fully saturated rings. The molecule has 0 atom stereocenters. The van der Waals surface area contributed by atoms with Crippen molar-refractivity contribution in [3.8, 4) is 0 Å². The summed E-state index contributed by atoms with van der Waals surface area (Å²) in [7, 11) is 0. The fourth-order valence-corrected chi connectivity index (χ4v) is 2.32. The van der Waals surface area contributed by atoms with E-state index in [1.807, 2.05) is 24.6 Å². The van der Waals surface area contributed by atoms with E-state index < -0.39 is 0 Å². The van der Waals surface area contributed by atoms with E-state index in [-0.39, 0.29) is 5.82 Å². The second kappa shape index (κ2) is 5.97. The molecule has 1 heterocycles. The monoisotopic (exact) mass is 261 g/mol. The van der Waals surface area contributed by atoms with E-state index in [1.165, 1.54) is 11.6 Å². The molecule has 0 saturated carbocycles. The first-order valence-corrected chi connectivity index (χ1v) is 6.60. The molecular weight excluding hydrogens is 241 g/mol. The number of rotatable bonds is 5. The Kier molecular flexibility index (Phi) is 4.32. The van der Waals surface area contributed by atoms with Gasteiger partial charge in [-0.05, 0) is 44.9 Å². The molecule has 3 nitrogen and oxygen atoms in total. The summed E-state index contributed by atoms with van der Waals surface area (Å²) in [6, 6.07) is 6.83. The van der Waals surface area contributed by atoms with E-state index >= 15 is 0 Å². The molecule has 4 heteroatoms. The van der Waals surface area contributed by atoms with Crippen LogP contribution in [0.2, 0.25) is 0 Å². The highest BCUT2D eigenvalue weighted by Gasteiger charge is 2.12. The predicted molar refractivity (Wildman–Crippen MR) is 74.6 cm³/mol. The quantitative estimate of drug-likeness (QED) is 0.899. The van der Waals surface area contributed by atoms with Crippen LogP contribution < -0.4 is 5.73 Å². The van der Waals surface area contributed by atoms with Gasteiger partial charge in [0.25, 0.3) is 0 Å². The number of halogens is 1. The smallest absolute Gasteiger partial charge is 0.128 e. The summed E-state index contributed by atoms with van der Waals surface area (Å²) >= 11 is 0. The number of aromatic nitrogens is 2. The summed E-state index contributed by atoms with van der Waals surface area (Å²) in [4.78, 5) is 0. The van der Waals surface area contributed by atoms with Crippen LogP contribution in [0.3, 0.4) is 0 Å². The molecule has 1 aromatic carbocycles. The Morgan fingerprint density at radius 3 is 2.68 bits per heavy atom. The molecule has 0 radical (unpaired) electrons. The molecule has 0 saturated heterocycles. The molecule has 19 heavy (non-hydrogen) atoms. The van der Waals surface area contributed by atoms with Gasteiger partial charge >= 0.3 is 0 Å². The third kappa shape index (κ3) is 3.01. The minimum absolute atomic E-state index is 0.182. The largest absolute Gasteiger partial charge is 0.330 e. The highest BCUT2D eigenvalue weighted by molar-refractivity contribution is 5.26. The Hall–Kier alpha value is -1.68. The lowest BCUT2D eigenvalue weighted by Crippen LogP contribution is -2.06. The minimum Gasteiger partial charge on any atom is -0.330 e. The van der Waals surface area contributed by atoms with Crippen LogP contribution in [0.15, 0.2) is 24.3 Å². The van der Waals surface area contributed by atoms with Crippen LogP contribution in [0.1, 0.15) is 28.9 Å². The fraction of sp³-hybridized carbons (Fsp3) is 0.400. The summed E-state index contributed by atoms with van der Waals surface area (Å²) in [5, 5.41) is 4.51. The van der Waals surface area contributed by atoms with Gasteiger partial charge in [0.15, 0.2) is 0 Å². The first kappa shape index (κ1) is 13.7. The molecule has 102 valence electrons. The molecule has 0 bridgehead atoms. The van der Waals surface area contributed by atoms with E-state index in [0.717, 1.165) is 24.2 Å². The molecule has 0 unspecified atom stereocenters. The minimum atomic E-state index is -0.182. The maximum Gasteiger partial charge on any atom is 0.128 e. The maximum atomic E-state index is 13.7. The highest BCUT2D eigenvalue weighted by Crippen LogP contribution is 2.17. The van der Waals surface area contributed by atoms with Gasteiger partial charge in [-0.3, -0.25) is 4.68 Å². The van der Waals surface area contributed by atoms with Gasteiger partial charge in [-0.1, -0.05) is 18.2 Å². The first-order valence-electron chi connectivity index (χ1n) is 6.60. The molecule has 1 aromatic heterocycles. The third-order valence-corrected chi connectivity index (χ3v) is 3.44. The normalized spacial score (nSPS) is 10.9. The van der Waals surface area contributed by atoms with Crippen molar-refractivity contribution in [1.82, 2.24) is 9.78 Å². The zero-order chi connectivity index (χ0) is 13.8. The number of nitrogens with zero attached hydrogens (tertiary/aromatic N) is 2. The van der Waals surface area contributed by atoms with E-state index in [4.69, 9.17) is 5.73 Å². The second-order valence-electron chi connectivity index (χ2n) is 4.79. The lowest BCUT2D eigenvalue weighted by molar-refractivity contribution is 0.578. The molecule has 0 aliphatic heterocycles. The third-order valence-electron chi connectivity index (χ3n) is 3.44. The number of aryl methyl sites for hydroxylation is 1. The number of hydrogen-bond acceptors (Lipinski definition) is 2. The summed E-state index contributed by atoms with van der Waals surface area (Å²) in [5.74, 6) is -0.182. The van der Waals surface area contributed by atoms with Crippen molar-refractivity contribution in [2.75, 3.05) is 6.54 Å².